The fourth-order valence-electron chi connectivity index (χ4n) is 4.88. The lowest BCUT2D eigenvalue weighted by molar-refractivity contribution is -0.205. The van der Waals surface area contributed by atoms with E-state index in [1.807, 2.05) is 0 Å². The second kappa shape index (κ2) is 11.4. The Kier molecular flexibility index (Phi) is 9.69. The molecule has 3 rings (SSSR count). The molecule has 3 fully saturated rings. The lowest BCUT2D eigenvalue weighted by Gasteiger charge is -2.42. The smallest absolute Gasteiger partial charge is 0.0839 e. The molecular weight excluding hydrogens is 432 g/mol. The van der Waals surface area contributed by atoms with Crippen LogP contribution in [0.4, 0.5) is 0 Å². The van der Waals surface area contributed by atoms with Gasteiger partial charge in [0.25, 0.3) is 0 Å². The molecule has 0 bridgehead atoms. The maximum atomic E-state index is 6.58. The lowest BCUT2D eigenvalue weighted by atomic mass is 10.0. The molecule has 0 aromatic carbocycles. The molecule has 3 aliphatic rings. The van der Waals surface area contributed by atoms with E-state index < -0.39 is 0 Å². The number of rotatable bonds is 6. The molecule has 0 amide bonds. The molecule has 12 atom stereocenters. The minimum absolute atomic E-state index is 0.184. The second-order valence-electron chi connectivity index (χ2n) is 9.77. The zero-order chi connectivity index (χ0) is 22.0. The SMILES string of the molecule is CC1OC(C)C(CCC2SC(C)C(CCC3SC(C)C(C)SC3C)OC2C)OC1C. The van der Waals surface area contributed by atoms with Crippen molar-refractivity contribution in [2.24, 2.45) is 0 Å². The largest absolute Gasteiger partial charge is 0.373 e. The standard InChI is InChI=1S/C24H44O3S3/c1-13-14(2)26-21(15(3)25-13)9-11-23-16(4)27-22(19(7)30-23)10-12-24-20(8)28-17(5)18(6)29-24/h13-24H,9-12H2,1-8H3. The van der Waals surface area contributed by atoms with Crippen LogP contribution in [0.15, 0.2) is 0 Å². The third-order valence-electron chi connectivity index (χ3n) is 7.30. The molecule has 30 heavy (non-hydrogen) atoms. The van der Waals surface area contributed by atoms with Crippen LogP contribution in [-0.2, 0) is 14.2 Å². The molecule has 0 aromatic heterocycles. The highest BCUT2D eigenvalue weighted by atomic mass is 32.2. The van der Waals surface area contributed by atoms with Crippen LogP contribution in [0.25, 0.3) is 0 Å². The molecule has 3 aliphatic heterocycles. The Bertz CT molecular complexity index is 490. The first kappa shape index (κ1) is 25.6. The van der Waals surface area contributed by atoms with Crippen molar-refractivity contribution < 1.29 is 14.2 Å². The van der Waals surface area contributed by atoms with Gasteiger partial charge in [0.05, 0.1) is 36.6 Å². The number of hydrogen-bond acceptors (Lipinski definition) is 6. The normalized spacial score (nSPS) is 50.4. The summed E-state index contributed by atoms with van der Waals surface area (Å²) in [5.41, 5.74) is 0. The van der Waals surface area contributed by atoms with Crippen molar-refractivity contribution in [1.29, 1.82) is 0 Å². The monoisotopic (exact) mass is 476 g/mol. The summed E-state index contributed by atoms with van der Waals surface area (Å²) in [6.45, 7) is 18.2. The van der Waals surface area contributed by atoms with Crippen molar-refractivity contribution in [3.05, 3.63) is 0 Å². The molecule has 12 unspecified atom stereocenters. The third-order valence-corrected chi connectivity index (χ3v) is 12.8. The third kappa shape index (κ3) is 6.50. The van der Waals surface area contributed by atoms with Gasteiger partial charge in [-0.25, -0.2) is 0 Å². The molecule has 0 spiro atoms. The maximum Gasteiger partial charge on any atom is 0.0839 e. The molecule has 0 radical (unpaired) electrons. The van der Waals surface area contributed by atoms with Gasteiger partial charge < -0.3 is 14.2 Å². The van der Waals surface area contributed by atoms with Crippen molar-refractivity contribution in [2.75, 3.05) is 0 Å². The molecule has 3 nitrogen and oxygen atoms in total. The van der Waals surface area contributed by atoms with E-state index in [9.17, 15) is 0 Å². The zero-order valence-corrected chi connectivity index (χ0v) is 22.7. The fraction of sp³-hybridized carbons (Fsp3) is 1.00. The molecule has 0 aliphatic carbocycles. The molecule has 3 saturated heterocycles. The van der Waals surface area contributed by atoms with Gasteiger partial charge in [-0.3, -0.25) is 0 Å². The van der Waals surface area contributed by atoms with Crippen LogP contribution in [0.2, 0.25) is 0 Å². The quantitative estimate of drug-likeness (QED) is 0.439. The molecule has 3 heterocycles. The summed E-state index contributed by atoms with van der Waals surface area (Å²) >= 11 is 6.54. The Morgan fingerprint density at radius 2 is 0.967 bits per heavy atom. The number of thioether (sulfide) groups is 3. The van der Waals surface area contributed by atoms with Gasteiger partial charge in [0.2, 0.25) is 0 Å². The van der Waals surface area contributed by atoms with E-state index in [1.54, 1.807) is 0 Å². The first-order valence-electron chi connectivity index (χ1n) is 12.1. The Balaban J connectivity index is 1.43. The summed E-state index contributed by atoms with van der Waals surface area (Å²) in [6, 6.07) is 0. The summed E-state index contributed by atoms with van der Waals surface area (Å²) in [5.74, 6) is 0. The van der Waals surface area contributed by atoms with Crippen molar-refractivity contribution in [2.45, 2.75) is 149 Å². The summed E-state index contributed by atoms with van der Waals surface area (Å²) in [4.78, 5) is 0. The van der Waals surface area contributed by atoms with Crippen LogP contribution in [0.5, 0.6) is 0 Å². The van der Waals surface area contributed by atoms with Gasteiger partial charge in [-0.2, -0.15) is 35.3 Å². The minimum Gasteiger partial charge on any atom is -0.373 e. The van der Waals surface area contributed by atoms with E-state index in [4.69, 9.17) is 14.2 Å². The molecule has 6 heteroatoms. The minimum atomic E-state index is 0.184. The van der Waals surface area contributed by atoms with Crippen molar-refractivity contribution in [1.82, 2.24) is 0 Å². The van der Waals surface area contributed by atoms with E-state index in [1.165, 1.54) is 12.8 Å². The van der Waals surface area contributed by atoms with E-state index in [0.29, 0.717) is 22.7 Å². The Morgan fingerprint density at radius 3 is 1.70 bits per heavy atom. The van der Waals surface area contributed by atoms with Gasteiger partial charge in [0.15, 0.2) is 0 Å². The zero-order valence-electron chi connectivity index (χ0n) is 20.2. The summed E-state index contributed by atoms with van der Waals surface area (Å²) in [7, 11) is 0. The van der Waals surface area contributed by atoms with Gasteiger partial charge in [0, 0.05) is 31.5 Å². The van der Waals surface area contributed by atoms with Crippen LogP contribution >= 0.6 is 35.3 Å². The lowest BCUT2D eigenvalue weighted by Crippen LogP contribution is -2.46. The average molecular weight is 477 g/mol. The highest BCUT2D eigenvalue weighted by Gasteiger charge is 2.38. The predicted molar refractivity (Wildman–Crippen MR) is 135 cm³/mol. The maximum absolute atomic E-state index is 6.58. The molecular formula is C24H44O3S3. The Morgan fingerprint density at radius 1 is 0.433 bits per heavy atom. The highest BCUT2D eigenvalue weighted by Crippen LogP contribution is 2.44. The average Bonchev–Trinajstić information content (AvgIpc) is 2.68. The summed E-state index contributed by atoms with van der Waals surface area (Å²) in [6.07, 6.45) is 6.16. The van der Waals surface area contributed by atoms with E-state index >= 15 is 0 Å². The first-order valence-corrected chi connectivity index (χ1v) is 14.9. The summed E-state index contributed by atoms with van der Waals surface area (Å²) < 4.78 is 18.9. The van der Waals surface area contributed by atoms with Crippen molar-refractivity contribution in [3.8, 4) is 0 Å². The van der Waals surface area contributed by atoms with Crippen LogP contribution < -0.4 is 0 Å². The first-order chi connectivity index (χ1) is 14.2. The summed E-state index contributed by atoms with van der Waals surface area (Å²) in [5, 5.41) is 4.18. The van der Waals surface area contributed by atoms with Crippen molar-refractivity contribution >= 4 is 35.3 Å². The predicted octanol–water partition coefficient (Wildman–Crippen LogP) is 6.42. The van der Waals surface area contributed by atoms with Gasteiger partial charge in [-0.1, -0.05) is 27.7 Å². The second-order valence-corrected chi connectivity index (χ2v) is 14.8. The highest BCUT2D eigenvalue weighted by molar-refractivity contribution is 8.07. The van der Waals surface area contributed by atoms with Crippen LogP contribution in [0, 0.1) is 0 Å². The number of hydrogen-bond donors (Lipinski definition) is 0. The van der Waals surface area contributed by atoms with Gasteiger partial charge >= 0.3 is 0 Å². The Hall–Kier alpha value is 0.930. The van der Waals surface area contributed by atoms with Gasteiger partial charge in [-0.15, -0.1) is 0 Å². The number of ether oxygens (including phenoxy) is 3. The molecule has 176 valence electrons. The van der Waals surface area contributed by atoms with Gasteiger partial charge in [0.1, 0.15) is 0 Å². The topological polar surface area (TPSA) is 27.7 Å². The van der Waals surface area contributed by atoms with Crippen LogP contribution in [-0.4, -0.2) is 68.1 Å². The van der Waals surface area contributed by atoms with E-state index in [-0.39, 0.29) is 24.4 Å². The van der Waals surface area contributed by atoms with Crippen molar-refractivity contribution in [3.63, 3.8) is 0 Å². The van der Waals surface area contributed by atoms with E-state index in [2.05, 4.69) is 90.7 Å². The molecule has 0 saturated carbocycles. The van der Waals surface area contributed by atoms with Crippen LogP contribution in [0.3, 0.4) is 0 Å². The van der Waals surface area contributed by atoms with Gasteiger partial charge in [-0.05, 0) is 53.4 Å². The Labute approximate surface area is 198 Å². The van der Waals surface area contributed by atoms with E-state index in [0.717, 1.165) is 33.8 Å². The fourth-order valence-corrected chi connectivity index (χ4v) is 9.61. The molecule has 0 N–H and O–H groups in total. The molecule has 0 aromatic rings. The van der Waals surface area contributed by atoms with Crippen LogP contribution in [0.1, 0.15) is 81.1 Å².